The molecule has 1 atom stereocenters. The molecule has 0 spiro atoms. The van der Waals surface area contributed by atoms with Crippen LogP contribution in [0.15, 0.2) is 54.1 Å². The lowest BCUT2D eigenvalue weighted by atomic mass is 9.76. The zero-order valence-corrected chi connectivity index (χ0v) is 19.1. The van der Waals surface area contributed by atoms with Crippen molar-refractivity contribution in [3.8, 4) is 11.8 Å². The molecule has 0 saturated heterocycles. The van der Waals surface area contributed by atoms with Crippen LogP contribution in [-0.2, 0) is 21.7 Å². The van der Waals surface area contributed by atoms with Crippen molar-refractivity contribution in [1.82, 2.24) is 5.32 Å². The van der Waals surface area contributed by atoms with Crippen LogP contribution in [0, 0.1) is 11.3 Å². The van der Waals surface area contributed by atoms with E-state index >= 15 is 0 Å². The Hall–Kier alpha value is -3.52. The standard InChI is InChI=1S/C25H22F6N2O3/c1-35-15-16-3-5-17(6-4-16)20-13-23(25(29,30)31,33-22(34)21(20)14-32)18-7-9-19(10-8-18)36-12-2-11-24(26,27)28/h3-10H,2,11-13,15H2,1H3,(H,33,34). The van der Waals surface area contributed by atoms with Gasteiger partial charge in [-0.1, -0.05) is 36.4 Å². The SMILES string of the molecule is COCc1ccc(C2=C(C#N)C(=O)NC(c3ccc(OCCCC(F)(F)F)cc3)(C(F)(F)F)C2)cc1. The molecule has 2 aromatic rings. The highest BCUT2D eigenvalue weighted by atomic mass is 19.4. The number of alkyl halides is 6. The van der Waals surface area contributed by atoms with Crippen molar-refractivity contribution >= 4 is 11.5 Å². The van der Waals surface area contributed by atoms with Crippen LogP contribution in [0.25, 0.3) is 5.57 Å². The lowest BCUT2D eigenvalue weighted by Crippen LogP contribution is -2.58. The molecule has 1 aliphatic rings. The van der Waals surface area contributed by atoms with Crippen LogP contribution in [0.4, 0.5) is 26.3 Å². The van der Waals surface area contributed by atoms with Gasteiger partial charge in [-0.15, -0.1) is 0 Å². The van der Waals surface area contributed by atoms with Gasteiger partial charge in [-0.25, -0.2) is 0 Å². The fourth-order valence-corrected chi connectivity index (χ4v) is 3.93. The van der Waals surface area contributed by atoms with Crippen LogP contribution in [0.5, 0.6) is 5.75 Å². The van der Waals surface area contributed by atoms with Crippen molar-refractivity contribution in [2.24, 2.45) is 0 Å². The molecule has 0 fully saturated rings. The molecule has 0 aliphatic carbocycles. The van der Waals surface area contributed by atoms with Gasteiger partial charge in [0, 0.05) is 20.0 Å². The van der Waals surface area contributed by atoms with Crippen LogP contribution in [-0.4, -0.2) is 32.0 Å². The van der Waals surface area contributed by atoms with E-state index in [9.17, 15) is 36.4 Å². The highest BCUT2D eigenvalue weighted by Gasteiger charge is 2.59. The molecule has 0 saturated carbocycles. The van der Waals surface area contributed by atoms with Gasteiger partial charge in [0.25, 0.3) is 5.91 Å². The molecule has 1 aliphatic heterocycles. The molecule has 1 heterocycles. The fourth-order valence-electron chi connectivity index (χ4n) is 3.93. The Kier molecular flexibility index (Phi) is 7.99. The van der Waals surface area contributed by atoms with Crippen LogP contribution in [0.3, 0.4) is 0 Å². The largest absolute Gasteiger partial charge is 0.494 e. The third-order valence-electron chi connectivity index (χ3n) is 5.73. The zero-order valence-electron chi connectivity index (χ0n) is 19.1. The Bertz CT molecular complexity index is 1150. The predicted octanol–water partition coefficient (Wildman–Crippen LogP) is 5.81. The summed E-state index contributed by atoms with van der Waals surface area (Å²) in [7, 11) is 1.49. The predicted molar refractivity (Wildman–Crippen MR) is 117 cm³/mol. The third-order valence-corrected chi connectivity index (χ3v) is 5.73. The average molecular weight is 512 g/mol. The molecule has 1 unspecified atom stereocenters. The molecule has 1 N–H and O–H groups in total. The number of methoxy groups -OCH3 is 1. The molecule has 3 rings (SSSR count). The molecule has 36 heavy (non-hydrogen) atoms. The van der Waals surface area contributed by atoms with Crippen molar-refractivity contribution < 1.29 is 40.6 Å². The Morgan fingerprint density at radius 2 is 1.67 bits per heavy atom. The van der Waals surface area contributed by atoms with Crippen molar-refractivity contribution in [2.45, 2.75) is 43.8 Å². The van der Waals surface area contributed by atoms with E-state index in [1.54, 1.807) is 18.2 Å². The first kappa shape index (κ1) is 27.1. The molecule has 0 bridgehead atoms. The molecular formula is C25H22F6N2O3. The lowest BCUT2D eigenvalue weighted by molar-refractivity contribution is -0.201. The van der Waals surface area contributed by atoms with Crippen LogP contribution < -0.4 is 10.1 Å². The molecule has 0 radical (unpaired) electrons. The number of hydrogen-bond donors (Lipinski definition) is 1. The normalized spacial score (nSPS) is 18.6. The summed E-state index contributed by atoms with van der Waals surface area (Å²) in [6.45, 7) is 0.0134. The number of halogens is 6. The van der Waals surface area contributed by atoms with Crippen LogP contribution >= 0.6 is 0 Å². The van der Waals surface area contributed by atoms with E-state index < -0.39 is 42.2 Å². The van der Waals surface area contributed by atoms with Crippen LogP contribution in [0.2, 0.25) is 0 Å². The Morgan fingerprint density at radius 1 is 1.03 bits per heavy atom. The number of amides is 1. The van der Waals surface area contributed by atoms with Gasteiger partial charge in [-0.2, -0.15) is 31.6 Å². The van der Waals surface area contributed by atoms with E-state index in [4.69, 9.17) is 9.47 Å². The molecule has 2 aromatic carbocycles. The van der Waals surface area contributed by atoms with E-state index in [-0.39, 0.29) is 36.5 Å². The van der Waals surface area contributed by atoms with E-state index in [0.29, 0.717) is 5.56 Å². The van der Waals surface area contributed by atoms with Crippen molar-refractivity contribution in [3.63, 3.8) is 0 Å². The summed E-state index contributed by atoms with van der Waals surface area (Å²) in [5.41, 5.74) is -2.57. The average Bonchev–Trinajstić information content (AvgIpc) is 2.81. The highest BCUT2D eigenvalue weighted by molar-refractivity contribution is 6.07. The van der Waals surface area contributed by atoms with Gasteiger partial charge in [0.1, 0.15) is 17.4 Å². The Labute approximate surface area is 203 Å². The Balaban J connectivity index is 1.93. The van der Waals surface area contributed by atoms with Crippen molar-refractivity contribution in [3.05, 3.63) is 70.8 Å². The van der Waals surface area contributed by atoms with E-state index in [1.165, 1.54) is 31.4 Å². The Morgan fingerprint density at radius 3 is 2.19 bits per heavy atom. The number of nitrogens with zero attached hydrogens (tertiary/aromatic N) is 1. The summed E-state index contributed by atoms with van der Waals surface area (Å²) in [5.74, 6) is -1.08. The quantitative estimate of drug-likeness (QED) is 0.358. The van der Waals surface area contributed by atoms with Crippen LogP contribution in [0.1, 0.15) is 36.0 Å². The third kappa shape index (κ3) is 5.99. The van der Waals surface area contributed by atoms with Crippen molar-refractivity contribution in [1.29, 1.82) is 5.26 Å². The molecule has 11 heteroatoms. The first-order chi connectivity index (χ1) is 16.9. The number of nitriles is 1. The van der Waals surface area contributed by atoms with Gasteiger partial charge in [-0.05, 0) is 40.8 Å². The first-order valence-corrected chi connectivity index (χ1v) is 10.8. The first-order valence-electron chi connectivity index (χ1n) is 10.8. The molecule has 1 amide bonds. The van der Waals surface area contributed by atoms with Gasteiger partial charge >= 0.3 is 12.4 Å². The van der Waals surface area contributed by atoms with E-state index in [2.05, 4.69) is 0 Å². The number of ether oxygens (including phenoxy) is 2. The maximum Gasteiger partial charge on any atom is 0.416 e. The lowest BCUT2D eigenvalue weighted by Gasteiger charge is -2.40. The number of nitrogens with one attached hydrogen (secondary N) is 1. The smallest absolute Gasteiger partial charge is 0.416 e. The molecule has 5 nitrogen and oxygen atoms in total. The van der Waals surface area contributed by atoms with Gasteiger partial charge in [-0.3, -0.25) is 4.79 Å². The minimum Gasteiger partial charge on any atom is -0.494 e. The van der Waals surface area contributed by atoms with E-state index in [1.807, 2.05) is 5.32 Å². The van der Waals surface area contributed by atoms with Crippen molar-refractivity contribution in [2.75, 3.05) is 13.7 Å². The maximum atomic E-state index is 14.5. The maximum absolute atomic E-state index is 14.5. The summed E-state index contributed by atoms with van der Waals surface area (Å²) < 4.78 is 90.6. The van der Waals surface area contributed by atoms with Gasteiger partial charge in [0.2, 0.25) is 0 Å². The minimum atomic E-state index is -4.94. The number of carbonyl (C=O) groups is 1. The number of carbonyl (C=O) groups excluding carboxylic acids is 1. The number of hydrogen-bond acceptors (Lipinski definition) is 4. The topological polar surface area (TPSA) is 71.3 Å². The second-order valence-corrected chi connectivity index (χ2v) is 8.22. The van der Waals surface area contributed by atoms with Gasteiger partial charge in [0.15, 0.2) is 5.54 Å². The summed E-state index contributed by atoms with van der Waals surface area (Å²) in [6.07, 6.45) is -11.4. The van der Waals surface area contributed by atoms with Gasteiger partial charge in [0.05, 0.1) is 13.2 Å². The zero-order chi connectivity index (χ0) is 26.6. The second kappa shape index (κ2) is 10.6. The molecule has 192 valence electrons. The van der Waals surface area contributed by atoms with Gasteiger partial charge < -0.3 is 14.8 Å². The second-order valence-electron chi connectivity index (χ2n) is 8.22. The van der Waals surface area contributed by atoms with E-state index in [0.717, 1.165) is 17.7 Å². The summed E-state index contributed by atoms with van der Waals surface area (Å²) in [4.78, 5) is 12.7. The summed E-state index contributed by atoms with van der Waals surface area (Å²) >= 11 is 0. The molecule has 0 aromatic heterocycles. The molecular weight excluding hydrogens is 490 g/mol. The minimum absolute atomic E-state index is 0.0602. The number of benzene rings is 2. The monoisotopic (exact) mass is 512 g/mol. The summed E-state index contributed by atoms with van der Waals surface area (Å²) in [5, 5.41) is 11.5. The fraction of sp³-hybridized carbons (Fsp3) is 0.360. The highest BCUT2D eigenvalue weighted by Crippen LogP contribution is 2.48. The summed E-state index contributed by atoms with van der Waals surface area (Å²) in [6, 6.07) is 12.6. The number of rotatable bonds is 8.